The van der Waals surface area contributed by atoms with Gasteiger partial charge in [0.2, 0.25) is 27.7 Å². The van der Waals surface area contributed by atoms with Gasteiger partial charge in [-0.2, -0.15) is 4.31 Å². The largest absolute Gasteiger partial charge is 0.444 e. The van der Waals surface area contributed by atoms with Crippen molar-refractivity contribution < 1.29 is 61.1 Å². The normalized spacial score (nSPS) is 22.7. The summed E-state index contributed by atoms with van der Waals surface area (Å²) < 4.78 is 30.8. The zero-order chi connectivity index (χ0) is 62.5. The third kappa shape index (κ3) is 19.2. The fraction of sp³-hybridized carbons (Fsp3) is 0.562. The van der Waals surface area contributed by atoms with Crippen LogP contribution < -0.4 is 16.0 Å². The molecule has 7 amide bonds. The van der Waals surface area contributed by atoms with Crippen LogP contribution in [0, 0.1) is 38.5 Å². The second-order valence-electron chi connectivity index (χ2n) is 24.6. The molecule has 9 rings (SSSR count). The molecule has 3 aromatic rings. The van der Waals surface area contributed by atoms with Gasteiger partial charge in [0.05, 0.1) is 18.8 Å². The van der Waals surface area contributed by atoms with Crippen LogP contribution in [-0.4, -0.2) is 187 Å². The minimum atomic E-state index is -3.49. The number of carbonyl (C=O) groups is 10. The van der Waals surface area contributed by atoms with Crippen molar-refractivity contribution in [3.63, 3.8) is 0 Å². The Bertz CT molecular complexity index is 3080. The summed E-state index contributed by atoms with van der Waals surface area (Å²) in [4.78, 5) is 133. The third-order valence-electron chi connectivity index (χ3n) is 16.7. The van der Waals surface area contributed by atoms with Gasteiger partial charge in [-0.25, -0.2) is 13.2 Å². The van der Waals surface area contributed by atoms with Gasteiger partial charge in [0.15, 0.2) is 17.3 Å². The number of hydrogen-bond acceptors (Lipinski definition) is 13. The maximum Gasteiger partial charge on any atom is 0.410 e. The van der Waals surface area contributed by atoms with Gasteiger partial charge in [0.25, 0.3) is 17.7 Å². The quantitative estimate of drug-likeness (QED) is 0.177. The number of rotatable bonds is 13. The predicted octanol–water partition coefficient (Wildman–Crippen LogP) is 6.01. The van der Waals surface area contributed by atoms with Gasteiger partial charge < -0.3 is 40.3 Å². The van der Waals surface area contributed by atoms with Crippen LogP contribution in [0.25, 0.3) is 0 Å². The first-order valence-corrected chi connectivity index (χ1v) is 32.1. The summed E-state index contributed by atoms with van der Waals surface area (Å²) >= 11 is 0. The number of aryl methyl sites for hydroxylation is 3. The number of sulfonamides is 1. The number of nitrogens with zero attached hydrogens (tertiary/aromatic N) is 5. The molecule has 0 bridgehead atoms. The monoisotopic (exact) mass is 1240 g/mol. The van der Waals surface area contributed by atoms with E-state index in [0.717, 1.165) is 61.5 Å². The van der Waals surface area contributed by atoms with Crippen LogP contribution in [-0.2, 0) is 43.5 Å². The SMILES string of the molecule is Cc1ccc(C(=O)N2CCCCC2C(=O)C[C@H]2CCCNC2=O)cc1.Cc1ccc(C(=O)N2CCN(C(=O)OC(C)(C)C)CC2C(=O)C[C@H]2CCCNC2=O)cc1.Cc1ccc(C(=O)N2CCN(S(C)(=O)=O)CC2C(=O)C[C@H]2CCCNC2=O)cc1.Cl. The van der Waals surface area contributed by atoms with Gasteiger partial charge in [-0.1, -0.05) is 53.1 Å². The van der Waals surface area contributed by atoms with Crippen LogP contribution in [0.2, 0.25) is 0 Å². The molecule has 0 aromatic heterocycles. The standard InChI is InChI=1S/C24H33N3O5.C20H27N3O5S.C20H26N2O3.ClH/c1-16-7-9-17(10-8-16)22(30)27-13-12-26(23(31)32-24(2,3)4)15-19(27)20(28)14-18-6-5-11-25-21(18)29;1-14-5-7-15(8-6-14)20(26)23-11-10-22(29(2,27)28)13-17(23)18(24)12-16-4-3-9-21-19(16)25;1-14-7-9-15(10-8-14)20(25)22-12-3-2-6-17(22)18(23)13-16-5-4-11-21-19(16)24;/h7-10,18-19H,5-6,11-15H2,1-4H3,(H,25,29);5-8,16-17H,3-4,9-13H2,1-2H3,(H,21,25);7-10,16-17H,2-6,11-13H2,1H3,(H,21,24);1H/t18-,19?;2*16-,17?;/m111./s1. The number of ether oxygens (including phenoxy) is 1. The Balaban J connectivity index is 0.000000209. The first-order valence-electron chi connectivity index (χ1n) is 30.2. The lowest BCUT2D eigenvalue weighted by Gasteiger charge is -2.41. The molecule has 6 heterocycles. The third-order valence-corrected chi connectivity index (χ3v) is 18.0. The molecule has 3 aromatic carbocycles. The number of halogens is 1. The van der Waals surface area contributed by atoms with Crippen molar-refractivity contribution in [3.05, 3.63) is 106 Å². The number of likely N-dealkylation sites (tertiary alicyclic amines) is 1. The van der Waals surface area contributed by atoms with Crippen LogP contribution in [0.15, 0.2) is 72.8 Å². The van der Waals surface area contributed by atoms with Gasteiger partial charge in [-0.3, -0.25) is 43.2 Å². The summed E-state index contributed by atoms with van der Waals surface area (Å²) in [6.45, 7) is 14.5. The van der Waals surface area contributed by atoms with E-state index in [9.17, 15) is 56.4 Å². The van der Waals surface area contributed by atoms with Crippen LogP contribution in [0.1, 0.15) is 146 Å². The molecule has 21 nitrogen and oxygen atoms in total. The van der Waals surface area contributed by atoms with Crippen molar-refractivity contribution in [2.75, 3.05) is 71.7 Å². The first-order chi connectivity index (χ1) is 40.8. The molecular formula is C64H87ClN8O13S. The lowest BCUT2D eigenvalue weighted by molar-refractivity contribution is -0.133. The van der Waals surface area contributed by atoms with E-state index in [1.54, 1.807) is 49.9 Å². The zero-order valence-electron chi connectivity index (χ0n) is 51.3. The van der Waals surface area contributed by atoms with E-state index in [4.69, 9.17) is 4.74 Å². The van der Waals surface area contributed by atoms with Gasteiger partial charge >= 0.3 is 6.09 Å². The highest BCUT2D eigenvalue weighted by molar-refractivity contribution is 7.88. The summed E-state index contributed by atoms with van der Waals surface area (Å²) in [5, 5.41) is 8.40. The van der Waals surface area contributed by atoms with E-state index in [0.29, 0.717) is 62.1 Å². The highest BCUT2D eigenvalue weighted by Crippen LogP contribution is 2.28. The average Bonchev–Trinajstić information content (AvgIpc) is 1.35. The lowest BCUT2D eigenvalue weighted by atomic mass is 9.88. The average molecular weight is 1240 g/mol. The van der Waals surface area contributed by atoms with Crippen molar-refractivity contribution in [1.82, 2.24) is 39.9 Å². The lowest BCUT2D eigenvalue weighted by Crippen LogP contribution is -2.60. The molecule has 3 N–H and O–H groups in total. The Hall–Kier alpha value is -7.04. The number of carbonyl (C=O) groups excluding carboxylic acids is 10. The number of ketones is 3. The van der Waals surface area contributed by atoms with Gasteiger partial charge in [-0.05, 0) is 136 Å². The Morgan fingerprint density at radius 1 is 0.483 bits per heavy atom. The number of piperidine rings is 4. The molecule has 474 valence electrons. The van der Waals surface area contributed by atoms with E-state index in [1.165, 1.54) is 19.0 Å². The van der Waals surface area contributed by atoms with Crippen LogP contribution in [0.5, 0.6) is 0 Å². The first kappa shape index (κ1) is 69.1. The molecule has 0 saturated carbocycles. The van der Waals surface area contributed by atoms with Gasteiger partial charge in [0, 0.05) is 113 Å². The molecule has 0 spiro atoms. The van der Waals surface area contributed by atoms with E-state index < -0.39 is 51.7 Å². The molecule has 6 aliphatic rings. The molecule has 23 heteroatoms. The fourth-order valence-electron chi connectivity index (χ4n) is 11.7. The van der Waals surface area contributed by atoms with E-state index in [-0.39, 0.29) is 130 Å². The zero-order valence-corrected chi connectivity index (χ0v) is 52.9. The molecule has 6 saturated heterocycles. The van der Waals surface area contributed by atoms with Crippen LogP contribution in [0.4, 0.5) is 4.79 Å². The molecule has 87 heavy (non-hydrogen) atoms. The summed E-state index contributed by atoms with van der Waals surface area (Å²) in [5.41, 5.74) is 4.07. The second-order valence-corrected chi connectivity index (χ2v) is 26.6. The molecule has 0 aliphatic carbocycles. The summed E-state index contributed by atoms with van der Waals surface area (Å²) in [7, 11) is -3.49. The highest BCUT2D eigenvalue weighted by Gasteiger charge is 2.42. The Morgan fingerprint density at radius 2 is 0.839 bits per heavy atom. The predicted molar refractivity (Wildman–Crippen MR) is 329 cm³/mol. The minimum absolute atomic E-state index is 0. The maximum atomic E-state index is 13.3. The van der Waals surface area contributed by atoms with Crippen LogP contribution in [0.3, 0.4) is 0 Å². The van der Waals surface area contributed by atoms with Crippen molar-refractivity contribution in [3.8, 4) is 0 Å². The number of hydrogen-bond donors (Lipinski definition) is 3. The van der Waals surface area contributed by atoms with E-state index in [2.05, 4.69) is 16.0 Å². The summed E-state index contributed by atoms with van der Waals surface area (Å²) in [6.07, 6.45) is 8.03. The van der Waals surface area contributed by atoms with E-state index in [1.807, 2.05) is 69.3 Å². The summed E-state index contributed by atoms with van der Waals surface area (Å²) in [5.74, 6) is -2.45. The number of Topliss-reactive ketones (excluding diaryl/α,β-unsaturated/α-hetero) is 3. The Kier molecular flexibility index (Phi) is 24.8. The Labute approximate surface area is 517 Å². The number of benzene rings is 3. The molecule has 6 atom stereocenters. The topological polar surface area (TPSA) is 266 Å². The molecule has 3 unspecified atom stereocenters. The maximum absolute atomic E-state index is 13.3. The smallest absolute Gasteiger partial charge is 0.410 e. The van der Waals surface area contributed by atoms with Crippen molar-refractivity contribution in [2.45, 2.75) is 142 Å². The van der Waals surface area contributed by atoms with Gasteiger partial charge in [-0.15, -0.1) is 12.4 Å². The highest BCUT2D eigenvalue weighted by atomic mass is 35.5. The van der Waals surface area contributed by atoms with Gasteiger partial charge in [0.1, 0.15) is 17.7 Å². The second kappa shape index (κ2) is 31.2. The van der Waals surface area contributed by atoms with Crippen molar-refractivity contribution in [1.29, 1.82) is 0 Å². The molecule has 6 aliphatic heterocycles. The number of piperazine rings is 2. The van der Waals surface area contributed by atoms with Crippen LogP contribution >= 0.6 is 12.4 Å². The molecule has 0 radical (unpaired) electrons. The fourth-order valence-corrected chi connectivity index (χ4v) is 12.5. The number of nitrogens with one attached hydrogen (secondary N) is 3. The molecule has 6 fully saturated rings. The summed E-state index contributed by atoms with van der Waals surface area (Å²) in [6, 6.07) is 19.6. The number of amides is 7. The van der Waals surface area contributed by atoms with E-state index >= 15 is 0 Å². The Morgan fingerprint density at radius 3 is 1.21 bits per heavy atom. The minimum Gasteiger partial charge on any atom is -0.444 e. The van der Waals surface area contributed by atoms with Crippen molar-refractivity contribution >= 4 is 81.3 Å². The molecular weight excluding hydrogens is 1160 g/mol. The van der Waals surface area contributed by atoms with Crippen molar-refractivity contribution in [2.24, 2.45) is 17.8 Å².